The Kier molecular flexibility index (Phi) is 4.25. The van der Waals surface area contributed by atoms with Crippen LogP contribution in [0.3, 0.4) is 0 Å². The summed E-state index contributed by atoms with van der Waals surface area (Å²) < 4.78 is 0. The van der Waals surface area contributed by atoms with E-state index in [1.807, 2.05) is 30.3 Å². The number of halogens is 1. The molecule has 20 heavy (non-hydrogen) atoms. The van der Waals surface area contributed by atoms with Gasteiger partial charge in [-0.3, -0.25) is 9.78 Å². The van der Waals surface area contributed by atoms with Gasteiger partial charge in [-0.05, 0) is 23.4 Å². The van der Waals surface area contributed by atoms with Crippen molar-refractivity contribution in [3.05, 3.63) is 53.3 Å². The summed E-state index contributed by atoms with van der Waals surface area (Å²) in [5, 5.41) is 4.38. The van der Waals surface area contributed by atoms with Crippen molar-refractivity contribution in [2.45, 2.75) is 19.6 Å². The zero-order valence-electron chi connectivity index (χ0n) is 11.8. The topological polar surface area (TPSA) is 42.0 Å². The molecule has 0 radical (unpaired) electrons. The molecule has 5 heteroatoms. The Bertz CT molecular complexity index is 624. The van der Waals surface area contributed by atoms with E-state index in [4.69, 9.17) is 11.6 Å². The predicted octanol–water partition coefficient (Wildman–Crippen LogP) is 3.53. The molecule has 3 nitrogen and oxygen atoms in total. The van der Waals surface area contributed by atoms with E-state index in [1.165, 1.54) is 0 Å². The summed E-state index contributed by atoms with van der Waals surface area (Å²) in [5.74, 6) is -0.212. The summed E-state index contributed by atoms with van der Waals surface area (Å²) in [7, 11) is -1.76. The number of nitrogens with zero attached hydrogens (tertiary/aromatic N) is 1. The minimum absolute atomic E-state index is 0.212. The van der Waals surface area contributed by atoms with Crippen LogP contribution in [0.2, 0.25) is 24.7 Å². The number of rotatable bonds is 3. The Morgan fingerprint density at radius 2 is 1.80 bits per heavy atom. The molecule has 1 aromatic carbocycles. The molecule has 104 valence electrons. The SMILES string of the molecule is C[Si](C)(C)c1c(Cl)ccnc1C(=O)Nc1ccccc1. The predicted molar refractivity (Wildman–Crippen MR) is 86.6 cm³/mol. The summed E-state index contributed by atoms with van der Waals surface area (Å²) in [6.45, 7) is 6.44. The van der Waals surface area contributed by atoms with E-state index in [0.29, 0.717) is 10.7 Å². The second-order valence-electron chi connectivity index (χ2n) is 5.59. The van der Waals surface area contributed by atoms with Gasteiger partial charge in [0.05, 0.1) is 8.07 Å². The normalized spacial score (nSPS) is 11.2. The van der Waals surface area contributed by atoms with Crippen LogP contribution in [-0.4, -0.2) is 19.0 Å². The molecular formula is C15H17ClN2OSi. The van der Waals surface area contributed by atoms with Crippen molar-refractivity contribution in [3.8, 4) is 0 Å². The van der Waals surface area contributed by atoms with Crippen molar-refractivity contribution in [1.82, 2.24) is 4.98 Å². The number of para-hydroxylation sites is 1. The van der Waals surface area contributed by atoms with Gasteiger partial charge in [-0.2, -0.15) is 0 Å². The van der Waals surface area contributed by atoms with Gasteiger partial charge in [0.15, 0.2) is 0 Å². The fraction of sp³-hybridized carbons (Fsp3) is 0.200. The molecule has 0 aliphatic carbocycles. The number of anilines is 1. The maximum atomic E-state index is 12.4. The Morgan fingerprint density at radius 1 is 1.15 bits per heavy atom. The molecule has 0 saturated heterocycles. The van der Waals surface area contributed by atoms with Gasteiger partial charge in [-0.15, -0.1) is 0 Å². The molecule has 0 fully saturated rings. The lowest BCUT2D eigenvalue weighted by Gasteiger charge is -2.21. The number of amides is 1. The molecule has 0 unspecified atom stereocenters. The minimum Gasteiger partial charge on any atom is -0.321 e. The van der Waals surface area contributed by atoms with Gasteiger partial charge in [-0.1, -0.05) is 49.4 Å². The molecule has 1 N–H and O–H groups in total. The fourth-order valence-corrected chi connectivity index (χ4v) is 4.72. The molecule has 1 aromatic heterocycles. The fourth-order valence-electron chi connectivity index (χ4n) is 2.04. The van der Waals surface area contributed by atoms with Gasteiger partial charge in [0.1, 0.15) is 5.69 Å². The number of benzene rings is 1. The first-order chi connectivity index (χ1) is 9.39. The lowest BCUT2D eigenvalue weighted by molar-refractivity contribution is 0.102. The van der Waals surface area contributed by atoms with E-state index in [0.717, 1.165) is 10.9 Å². The number of pyridine rings is 1. The van der Waals surface area contributed by atoms with E-state index in [-0.39, 0.29) is 5.91 Å². The van der Waals surface area contributed by atoms with Crippen molar-refractivity contribution < 1.29 is 4.79 Å². The summed E-state index contributed by atoms with van der Waals surface area (Å²) in [6, 6.07) is 11.1. The maximum absolute atomic E-state index is 12.4. The average Bonchev–Trinajstić information content (AvgIpc) is 2.38. The van der Waals surface area contributed by atoms with E-state index in [2.05, 4.69) is 29.9 Å². The first-order valence-electron chi connectivity index (χ1n) is 6.41. The highest BCUT2D eigenvalue weighted by atomic mass is 35.5. The second kappa shape index (κ2) is 5.77. The van der Waals surface area contributed by atoms with Crippen LogP contribution < -0.4 is 10.5 Å². The molecule has 2 aromatic rings. The van der Waals surface area contributed by atoms with Crippen LogP contribution in [0.15, 0.2) is 42.6 Å². The van der Waals surface area contributed by atoms with Crippen LogP contribution in [0.5, 0.6) is 0 Å². The lowest BCUT2D eigenvalue weighted by Crippen LogP contribution is -2.43. The number of aromatic nitrogens is 1. The Balaban J connectivity index is 2.38. The smallest absolute Gasteiger partial charge is 0.274 e. The number of hydrogen-bond donors (Lipinski definition) is 1. The van der Waals surface area contributed by atoms with E-state index >= 15 is 0 Å². The van der Waals surface area contributed by atoms with Gasteiger partial charge >= 0.3 is 0 Å². The number of nitrogens with one attached hydrogen (secondary N) is 1. The van der Waals surface area contributed by atoms with E-state index in [1.54, 1.807) is 12.3 Å². The van der Waals surface area contributed by atoms with Gasteiger partial charge < -0.3 is 5.32 Å². The third-order valence-electron chi connectivity index (χ3n) is 2.90. The highest BCUT2D eigenvalue weighted by molar-refractivity contribution is 6.90. The van der Waals surface area contributed by atoms with Crippen LogP contribution >= 0.6 is 11.6 Å². The molecule has 2 rings (SSSR count). The Morgan fingerprint density at radius 3 is 2.40 bits per heavy atom. The van der Waals surface area contributed by atoms with E-state index in [9.17, 15) is 4.79 Å². The third-order valence-corrected chi connectivity index (χ3v) is 5.38. The molecule has 1 heterocycles. The monoisotopic (exact) mass is 304 g/mol. The van der Waals surface area contributed by atoms with Gasteiger partial charge in [0.25, 0.3) is 5.91 Å². The van der Waals surface area contributed by atoms with Crippen molar-refractivity contribution in [3.63, 3.8) is 0 Å². The largest absolute Gasteiger partial charge is 0.321 e. The Labute approximate surface area is 125 Å². The van der Waals surface area contributed by atoms with Crippen LogP contribution in [0.25, 0.3) is 0 Å². The zero-order valence-corrected chi connectivity index (χ0v) is 13.5. The summed E-state index contributed by atoms with van der Waals surface area (Å²) >= 11 is 6.28. The zero-order chi connectivity index (χ0) is 14.8. The standard InChI is InChI=1S/C15H17ClN2OSi/c1-20(2,3)14-12(16)9-10-17-13(14)15(19)18-11-7-5-4-6-8-11/h4-10H,1-3H3,(H,18,19). The maximum Gasteiger partial charge on any atom is 0.274 e. The van der Waals surface area contributed by atoms with Crippen LogP contribution in [-0.2, 0) is 0 Å². The molecule has 0 aliphatic rings. The molecule has 0 atom stereocenters. The Hall–Kier alpha value is -1.65. The van der Waals surface area contributed by atoms with Crippen LogP contribution in [0.4, 0.5) is 5.69 Å². The quantitative estimate of drug-likeness (QED) is 0.881. The molecule has 0 aliphatic heterocycles. The van der Waals surface area contributed by atoms with Gasteiger partial charge in [-0.25, -0.2) is 0 Å². The van der Waals surface area contributed by atoms with Gasteiger partial charge in [0.2, 0.25) is 0 Å². The average molecular weight is 305 g/mol. The van der Waals surface area contributed by atoms with Crippen molar-refractivity contribution in [2.24, 2.45) is 0 Å². The van der Waals surface area contributed by atoms with Crippen molar-refractivity contribution in [2.75, 3.05) is 5.32 Å². The van der Waals surface area contributed by atoms with Crippen molar-refractivity contribution >= 4 is 36.5 Å². The van der Waals surface area contributed by atoms with Crippen LogP contribution in [0, 0.1) is 0 Å². The number of carbonyl (C=O) groups is 1. The van der Waals surface area contributed by atoms with Crippen LogP contribution in [0.1, 0.15) is 10.5 Å². The summed E-state index contributed by atoms with van der Waals surface area (Å²) in [5.41, 5.74) is 1.18. The first-order valence-corrected chi connectivity index (χ1v) is 10.3. The summed E-state index contributed by atoms with van der Waals surface area (Å²) in [4.78, 5) is 16.7. The second-order valence-corrected chi connectivity index (χ2v) is 11.0. The molecule has 0 bridgehead atoms. The molecular weight excluding hydrogens is 288 g/mol. The first kappa shape index (κ1) is 14.7. The molecule has 1 amide bonds. The molecule has 0 spiro atoms. The van der Waals surface area contributed by atoms with E-state index < -0.39 is 8.07 Å². The highest BCUT2D eigenvalue weighted by Crippen LogP contribution is 2.15. The summed E-state index contributed by atoms with van der Waals surface area (Å²) in [6.07, 6.45) is 1.58. The lowest BCUT2D eigenvalue weighted by atomic mass is 10.3. The number of carbonyl (C=O) groups excluding carboxylic acids is 1. The number of hydrogen-bond acceptors (Lipinski definition) is 2. The minimum atomic E-state index is -1.76. The molecule has 0 saturated carbocycles. The van der Waals surface area contributed by atoms with Gasteiger partial charge in [0, 0.05) is 16.9 Å². The third kappa shape index (κ3) is 3.26. The highest BCUT2D eigenvalue weighted by Gasteiger charge is 2.27. The van der Waals surface area contributed by atoms with Crippen molar-refractivity contribution in [1.29, 1.82) is 0 Å².